The van der Waals surface area contributed by atoms with Gasteiger partial charge in [0.25, 0.3) is 0 Å². The number of ether oxygens (including phenoxy) is 1. The summed E-state index contributed by atoms with van der Waals surface area (Å²) in [6, 6.07) is 12.2. The zero-order valence-electron chi connectivity index (χ0n) is 22.2. The molecule has 1 amide bonds. The van der Waals surface area contributed by atoms with Crippen LogP contribution < -0.4 is 5.73 Å². The van der Waals surface area contributed by atoms with Gasteiger partial charge in [-0.3, -0.25) is 19.7 Å². The maximum Gasteiger partial charge on any atom is 0.418 e. The molecule has 1 aliphatic heterocycles. The molecule has 0 bridgehead atoms. The van der Waals surface area contributed by atoms with Gasteiger partial charge in [0.15, 0.2) is 0 Å². The van der Waals surface area contributed by atoms with E-state index in [-0.39, 0.29) is 31.2 Å². The Hall–Kier alpha value is -3.54. The number of halogens is 3. The molecule has 0 atom stereocenters. The van der Waals surface area contributed by atoms with Crippen molar-refractivity contribution in [1.29, 1.82) is 0 Å². The van der Waals surface area contributed by atoms with Gasteiger partial charge in [0.05, 0.1) is 35.7 Å². The summed E-state index contributed by atoms with van der Waals surface area (Å²) in [6.45, 7) is 3.56. The van der Waals surface area contributed by atoms with Gasteiger partial charge < -0.3 is 19.9 Å². The highest BCUT2D eigenvalue weighted by Gasteiger charge is 2.34. The Morgan fingerprint density at radius 2 is 1.70 bits per heavy atom. The molecule has 1 saturated heterocycles. The number of hydrogen-bond acceptors (Lipinski definition) is 6. The summed E-state index contributed by atoms with van der Waals surface area (Å²) in [5.74, 6) is -0.0103. The van der Waals surface area contributed by atoms with Crippen LogP contribution in [0.25, 0.3) is 21.8 Å². The van der Waals surface area contributed by atoms with Crippen molar-refractivity contribution in [3.05, 3.63) is 71.8 Å². The third-order valence-corrected chi connectivity index (χ3v) is 7.28. The number of nitrogens with zero attached hydrogens (tertiary/aromatic N) is 5. The maximum atomic E-state index is 13.8. The zero-order chi connectivity index (χ0) is 28.1. The number of pyridine rings is 2. The van der Waals surface area contributed by atoms with Gasteiger partial charge >= 0.3 is 6.18 Å². The largest absolute Gasteiger partial charge is 0.418 e. The van der Waals surface area contributed by atoms with E-state index in [2.05, 4.69) is 9.97 Å². The van der Waals surface area contributed by atoms with Crippen molar-refractivity contribution < 1.29 is 22.7 Å². The number of alkyl halides is 3. The van der Waals surface area contributed by atoms with E-state index in [1.54, 1.807) is 11.1 Å². The molecule has 4 heterocycles. The van der Waals surface area contributed by atoms with E-state index in [0.717, 1.165) is 40.7 Å². The molecule has 8 nitrogen and oxygen atoms in total. The molecule has 40 heavy (non-hydrogen) atoms. The van der Waals surface area contributed by atoms with Gasteiger partial charge in [0, 0.05) is 54.9 Å². The molecule has 1 fully saturated rings. The molecule has 0 aliphatic carbocycles. The number of carbonyl (C=O) groups excluding carboxylic acids is 1. The van der Waals surface area contributed by atoms with E-state index in [0.29, 0.717) is 45.1 Å². The van der Waals surface area contributed by atoms with Gasteiger partial charge in [-0.25, -0.2) is 0 Å². The second kappa shape index (κ2) is 12.3. The molecule has 11 heteroatoms. The van der Waals surface area contributed by atoms with Crippen LogP contribution in [0.15, 0.2) is 54.9 Å². The minimum atomic E-state index is -4.50. The van der Waals surface area contributed by atoms with E-state index in [9.17, 15) is 18.0 Å². The molecule has 1 aromatic carbocycles. The van der Waals surface area contributed by atoms with Gasteiger partial charge in [-0.1, -0.05) is 18.2 Å². The average molecular weight is 555 g/mol. The SMILES string of the molecule is NCCCCN(Cc1ncccc1C(F)(F)F)Cc1nccc2c3ccccc3n(CC(=O)N3CCOCC3)c12. The average Bonchev–Trinajstić information content (AvgIpc) is 3.27. The summed E-state index contributed by atoms with van der Waals surface area (Å²) in [5.41, 5.74) is 7.35. The second-order valence-electron chi connectivity index (χ2n) is 9.95. The first-order valence-electron chi connectivity index (χ1n) is 13.5. The lowest BCUT2D eigenvalue weighted by Crippen LogP contribution is -2.42. The Labute approximate surface area is 230 Å². The number of hydrogen-bond donors (Lipinski definition) is 1. The topological polar surface area (TPSA) is 89.5 Å². The van der Waals surface area contributed by atoms with Crippen molar-refractivity contribution in [2.24, 2.45) is 5.73 Å². The van der Waals surface area contributed by atoms with Crippen LogP contribution in [0.2, 0.25) is 0 Å². The molecule has 0 unspecified atom stereocenters. The van der Waals surface area contributed by atoms with Crippen molar-refractivity contribution in [3.63, 3.8) is 0 Å². The molecular formula is C29H33F3N6O2. The van der Waals surface area contributed by atoms with E-state index >= 15 is 0 Å². The molecule has 1 aliphatic rings. The van der Waals surface area contributed by atoms with Gasteiger partial charge in [0.1, 0.15) is 6.54 Å². The summed E-state index contributed by atoms with van der Waals surface area (Å²) < 4.78 is 48.7. The van der Waals surface area contributed by atoms with Crippen LogP contribution in [0.5, 0.6) is 0 Å². The van der Waals surface area contributed by atoms with Crippen LogP contribution in [0.3, 0.4) is 0 Å². The van der Waals surface area contributed by atoms with E-state index in [4.69, 9.17) is 10.5 Å². The highest BCUT2D eigenvalue weighted by molar-refractivity contribution is 6.09. The molecule has 212 valence electrons. The van der Waals surface area contributed by atoms with E-state index < -0.39 is 11.7 Å². The van der Waals surface area contributed by atoms with Gasteiger partial charge in [-0.2, -0.15) is 13.2 Å². The lowest BCUT2D eigenvalue weighted by Gasteiger charge is -2.27. The first kappa shape index (κ1) is 28.0. The monoisotopic (exact) mass is 554 g/mol. The van der Waals surface area contributed by atoms with Crippen molar-refractivity contribution in [3.8, 4) is 0 Å². The number of aromatic nitrogens is 3. The number of fused-ring (bicyclic) bond motifs is 3. The first-order chi connectivity index (χ1) is 19.4. The van der Waals surface area contributed by atoms with Gasteiger partial charge in [-0.05, 0) is 50.2 Å². The summed E-state index contributed by atoms with van der Waals surface area (Å²) in [4.78, 5) is 25.8. The van der Waals surface area contributed by atoms with Gasteiger partial charge in [0.2, 0.25) is 5.91 Å². The van der Waals surface area contributed by atoms with Crippen LogP contribution in [-0.2, 0) is 35.3 Å². The highest BCUT2D eigenvalue weighted by Crippen LogP contribution is 2.33. The van der Waals surface area contributed by atoms with Crippen molar-refractivity contribution in [1.82, 2.24) is 24.3 Å². The van der Waals surface area contributed by atoms with Crippen molar-refractivity contribution in [2.75, 3.05) is 39.4 Å². The standard InChI is InChI=1S/C29H33F3N6O2/c30-29(31,32)23-7-5-11-34-24(23)18-36(13-4-3-10-33)19-25-28-22(9-12-35-25)21-6-1-2-8-26(21)38(28)20-27(39)37-14-16-40-17-15-37/h1-2,5-9,11-12H,3-4,10,13-20,33H2. The summed E-state index contributed by atoms with van der Waals surface area (Å²) in [6.07, 6.45) is 0.0714. The van der Waals surface area contributed by atoms with Crippen molar-refractivity contribution in [2.45, 2.75) is 38.7 Å². The molecule has 0 saturated carbocycles. The number of nitrogens with two attached hydrogens (primary N) is 1. The number of para-hydroxylation sites is 1. The lowest BCUT2D eigenvalue weighted by molar-refractivity contribution is -0.139. The molecular weight excluding hydrogens is 521 g/mol. The Bertz CT molecular complexity index is 1470. The molecule has 4 aromatic rings. The van der Waals surface area contributed by atoms with Crippen molar-refractivity contribution >= 4 is 27.7 Å². The minimum absolute atomic E-state index is 0.00522. The van der Waals surface area contributed by atoms with Crippen LogP contribution in [-0.4, -0.2) is 69.6 Å². The zero-order valence-corrected chi connectivity index (χ0v) is 22.2. The summed E-state index contributed by atoms with van der Waals surface area (Å²) >= 11 is 0. The molecule has 5 rings (SSSR count). The quantitative estimate of drug-likeness (QED) is 0.296. The Balaban J connectivity index is 1.53. The number of unbranched alkanes of at least 4 members (excludes halogenated alkanes) is 1. The third-order valence-electron chi connectivity index (χ3n) is 7.28. The molecule has 0 spiro atoms. The van der Waals surface area contributed by atoms with Crippen LogP contribution in [0.4, 0.5) is 13.2 Å². The summed E-state index contributed by atoms with van der Waals surface area (Å²) in [7, 11) is 0. The lowest BCUT2D eigenvalue weighted by atomic mass is 10.1. The number of benzene rings is 1. The Morgan fingerprint density at radius 3 is 2.48 bits per heavy atom. The van der Waals surface area contributed by atoms with E-state index in [1.165, 1.54) is 12.3 Å². The first-order valence-corrected chi connectivity index (χ1v) is 13.5. The maximum absolute atomic E-state index is 13.8. The molecule has 2 N–H and O–H groups in total. The fraction of sp³-hybridized carbons (Fsp3) is 0.414. The van der Waals surface area contributed by atoms with Crippen LogP contribution in [0, 0.1) is 0 Å². The third kappa shape index (κ3) is 6.11. The highest BCUT2D eigenvalue weighted by atomic mass is 19.4. The fourth-order valence-corrected chi connectivity index (χ4v) is 5.34. The Kier molecular flexibility index (Phi) is 8.63. The number of rotatable bonds is 10. The van der Waals surface area contributed by atoms with E-state index in [1.807, 2.05) is 39.8 Å². The Morgan fingerprint density at radius 1 is 0.950 bits per heavy atom. The molecule has 0 radical (unpaired) electrons. The van der Waals surface area contributed by atoms with Crippen LogP contribution in [0.1, 0.15) is 29.8 Å². The number of carbonyl (C=O) groups is 1. The number of morpholine rings is 1. The summed E-state index contributed by atoms with van der Waals surface area (Å²) in [5, 5.41) is 1.95. The minimum Gasteiger partial charge on any atom is -0.378 e. The number of amides is 1. The smallest absolute Gasteiger partial charge is 0.378 e. The second-order valence-corrected chi connectivity index (χ2v) is 9.95. The fourth-order valence-electron chi connectivity index (χ4n) is 5.34. The van der Waals surface area contributed by atoms with Crippen LogP contribution >= 0.6 is 0 Å². The predicted octanol–water partition coefficient (Wildman–Crippen LogP) is 4.20. The molecule has 3 aromatic heterocycles. The predicted molar refractivity (Wildman–Crippen MR) is 146 cm³/mol. The van der Waals surface area contributed by atoms with Gasteiger partial charge in [-0.15, -0.1) is 0 Å². The normalized spacial score (nSPS) is 14.5.